The number of nitrogens with one attached hydrogen (secondary N) is 1. The highest BCUT2D eigenvalue weighted by Gasteiger charge is 2.27. The molecule has 2 atom stereocenters. The molecular formula is C28H41N3O4S. The smallest absolute Gasteiger partial charge is 0.242 e. The minimum absolute atomic E-state index is 0.0104. The zero-order chi connectivity index (χ0) is 27.0. The Bertz CT molecular complexity index is 1160. The van der Waals surface area contributed by atoms with Crippen LogP contribution >= 0.6 is 0 Å². The Morgan fingerprint density at radius 1 is 0.972 bits per heavy atom. The van der Waals surface area contributed by atoms with E-state index >= 15 is 0 Å². The zero-order valence-corrected chi connectivity index (χ0v) is 23.5. The van der Waals surface area contributed by atoms with Gasteiger partial charge < -0.3 is 10.2 Å². The molecule has 0 saturated carbocycles. The van der Waals surface area contributed by atoms with Crippen molar-refractivity contribution < 1.29 is 18.0 Å². The fourth-order valence-electron chi connectivity index (χ4n) is 4.01. The maximum absolute atomic E-state index is 13.4. The number of nitrogens with zero attached hydrogens (tertiary/aromatic N) is 2. The number of carbonyl (C=O) groups excluding carboxylic acids is 2. The van der Waals surface area contributed by atoms with Crippen LogP contribution in [0.1, 0.15) is 62.3 Å². The summed E-state index contributed by atoms with van der Waals surface area (Å²) >= 11 is 0. The monoisotopic (exact) mass is 515 g/mol. The maximum atomic E-state index is 13.4. The van der Waals surface area contributed by atoms with E-state index in [-0.39, 0.29) is 30.8 Å². The summed E-state index contributed by atoms with van der Waals surface area (Å²) in [6.07, 6.45) is 2.44. The van der Waals surface area contributed by atoms with Gasteiger partial charge in [-0.3, -0.25) is 13.9 Å². The van der Waals surface area contributed by atoms with Gasteiger partial charge in [0.05, 0.1) is 11.9 Å². The molecule has 0 aliphatic rings. The van der Waals surface area contributed by atoms with Crippen LogP contribution in [0.4, 0.5) is 5.69 Å². The summed E-state index contributed by atoms with van der Waals surface area (Å²) in [5.74, 6) is -0.376. The van der Waals surface area contributed by atoms with Crippen molar-refractivity contribution in [2.24, 2.45) is 0 Å². The lowest BCUT2D eigenvalue weighted by atomic mass is 10.1. The Morgan fingerprint density at radius 3 is 2.22 bits per heavy atom. The molecule has 0 aliphatic heterocycles. The average molecular weight is 516 g/mol. The van der Waals surface area contributed by atoms with Gasteiger partial charge in [0.2, 0.25) is 21.8 Å². The fraction of sp³-hybridized carbons (Fsp3) is 0.500. The zero-order valence-electron chi connectivity index (χ0n) is 22.7. The van der Waals surface area contributed by atoms with Crippen molar-refractivity contribution in [1.82, 2.24) is 10.2 Å². The lowest BCUT2D eigenvalue weighted by Gasteiger charge is -2.31. The first-order valence-electron chi connectivity index (χ1n) is 12.5. The molecule has 0 saturated heterocycles. The summed E-state index contributed by atoms with van der Waals surface area (Å²) in [6.45, 7) is 12.0. The van der Waals surface area contributed by atoms with E-state index < -0.39 is 16.1 Å². The Balaban J connectivity index is 2.22. The average Bonchev–Trinajstić information content (AvgIpc) is 2.82. The van der Waals surface area contributed by atoms with E-state index in [9.17, 15) is 18.0 Å². The van der Waals surface area contributed by atoms with Crippen LogP contribution in [0.25, 0.3) is 0 Å². The number of carbonyl (C=O) groups is 2. The van der Waals surface area contributed by atoms with Gasteiger partial charge in [0.15, 0.2) is 0 Å². The van der Waals surface area contributed by atoms with Gasteiger partial charge in [-0.05, 0) is 75.8 Å². The number of aryl methyl sites for hydroxylation is 2. The second-order valence-corrected chi connectivity index (χ2v) is 11.5. The van der Waals surface area contributed by atoms with Crippen LogP contribution in [0.2, 0.25) is 0 Å². The van der Waals surface area contributed by atoms with Crippen molar-refractivity contribution in [3.63, 3.8) is 0 Å². The molecule has 0 aliphatic carbocycles. The molecule has 1 N–H and O–H groups in total. The van der Waals surface area contributed by atoms with E-state index in [4.69, 9.17) is 0 Å². The highest BCUT2D eigenvalue weighted by atomic mass is 32.2. The van der Waals surface area contributed by atoms with E-state index in [1.54, 1.807) is 17.9 Å². The van der Waals surface area contributed by atoms with Crippen LogP contribution in [-0.4, -0.2) is 50.0 Å². The van der Waals surface area contributed by atoms with Gasteiger partial charge in [-0.1, -0.05) is 43.3 Å². The molecule has 0 radical (unpaired) electrons. The van der Waals surface area contributed by atoms with Crippen LogP contribution in [0.15, 0.2) is 42.5 Å². The molecular weight excluding hydrogens is 474 g/mol. The van der Waals surface area contributed by atoms with E-state index in [1.165, 1.54) is 10.6 Å². The Labute approximate surface area is 216 Å². The predicted octanol–water partition coefficient (Wildman–Crippen LogP) is 4.49. The lowest BCUT2D eigenvalue weighted by Crippen LogP contribution is -2.49. The van der Waals surface area contributed by atoms with Crippen molar-refractivity contribution in [3.8, 4) is 0 Å². The topological polar surface area (TPSA) is 86.8 Å². The minimum Gasteiger partial charge on any atom is -0.352 e. The SMILES string of the molecule is CC[C@@H](C)NC(=O)[C@H](C)N(Cc1ccccc1C)C(=O)CCCN(c1cccc(C)c1C)S(C)(=O)=O. The molecule has 0 unspecified atom stereocenters. The van der Waals surface area contributed by atoms with Gasteiger partial charge >= 0.3 is 0 Å². The molecule has 0 aromatic heterocycles. The lowest BCUT2D eigenvalue weighted by molar-refractivity contribution is -0.140. The molecule has 0 bridgehead atoms. The normalized spacial score (nSPS) is 13.1. The summed E-state index contributed by atoms with van der Waals surface area (Å²) in [6, 6.07) is 12.7. The van der Waals surface area contributed by atoms with Gasteiger partial charge in [0.25, 0.3) is 0 Å². The molecule has 0 heterocycles. The largest absolute Gasteiger partial charge is 0.352 e. The Kier molecular flexibility index (Phi) is 10.5. The van der Waals surface area contributed by atoms with Gasteiger partial charge in [-0.2, -0.15) is 0 Å². The maximum Gasteiger partial charge on any atom is 0.242 e. The molecule has 8 heteroatoms. The van der Waals surface area contributed by atoms with Crippen LogP contribution in [0.3, 0.4) is 0 Å². The van der Waals surface area contributed by atoms with Gasteiger partial charge in [-0.25, -0.2) is 8.42 Å². The number of hydrogen-bond donors (Lipinski definition) is 1. The van der Waals surface area contributed by atoms with Gasteiger partial charge in [0, 0.05) is 25.6 Å². The van der Waals surface area contributed by atoms with Crippen LogP contribution in [-0.2, 0) is 26.2 Å². The molecule has 0 spiro atoms. The molecule has 7 nitrogen and oxygen atoms in total. The van der Waals surface area contributed by atoms with Crippen molar-refractivity contribution in [3.05, 3.63) is 64.7 Å². The van der Waals surface area contributed by atoms with E-state index in [2.05, 4.69) is 5.32 Å². The van der Waals surface area contributed by atoms with Crippen molar-refractivity contribution >= 4 is 27.5 Å². The number of sulfonamides is 1. The number of hydrogen-bond acceptors (Lipinski definition) is 4. The number of amides is 2. The molecule has 2 aromatic rings. The van der Waals surface area contributed by atoms with Crippen molar-refractivity contribution in [2.75, 3.05) is 17.1 Å². The van der Waals surface area contributed by atoms with Gasteiger partial charge in [-0.15, -0.1) is 0 Å². The third-order valence-electron chi connectivity index (χ3n) is 6.77. The standard InChI is InChI=1S/C28H41N3O4S/c1-8-22(4)29-28(33)24(6)30(19-25-15-10-9-13-21(25)3)27(32)17-12-18-31(36(7,34)35)26-16-11-14-20(2)23(26)5/h9-11,13-16,22,24H,8,12,17-19H2,1-7H3,(H,29,33)/t22-,24+/m1/s1. The quantitative estimate of drug-likeness (QED) is 0.451. The van der Waals surface area contributed by atoms with E-state index in [1.807, 2.05) is 71.0 Å². The predicted molar refractivity (Wildman–Crippen MR) is 146 cm³/mol. The van der Waals surface area contributed by atoms with E-state index in [0.29, 0.717) is 18.7 Å². The van der Waals surface area contributed by atoms with Crippen LogP contribution in [0.5, 0.6) is 0 Å². The molecule has 2 aromatic carbocycles. The number of benzene rings is 2. The molecule has 36 heavy (non-hydrogen) atoms. The minimum atomic E-state index is -3.53. The van der Waals surface area contributed by atoms with Crippen molar-refractivity contribution in [1.29, 1.82) is 0 Å². The first-order valence-corrected chi connectivity index (χ1v) is 14.4. The summed E-state index contributed by atoms with van der Waals surface area (Å²) in [5.41, 5.74) is 4.54. The summed E-state index contributed by atoms with van der Waals surface area (Å²) in [5, 5.41) is 2.97. The Hall–Kier alpha value is -2.87. The molecule has 2 amide bonds. The summed E-state index contributed by atoms with van der Waals surface area (Å²) in [7, 11) is -3.53. The number of anilines is 1. The first kappa shape index (κ1) is 29.4. The molecule has 0 fully saturated rings. The summed E-state index contributed by atoms with van der Waals surface area (Å²) in [4.78, 5) is 27.9. The third kappa shape index (κ3) is 7.82. The fourth-order valence-corrected chi connectivity index (χ4v) is 5.02. The van der Waals surface area contributed by atoms with Crippen molar-refractivity contribution in [2.45, 2.75) is 79.4 Å². The second kappa shape index (κ2) is 12.9. The number of rotatable bonds is 12. The van der Waals surface area contributed by atoms with Gasteiger partial charge in [0.1, 0.15) is 6.04 Å². The highest BCUT2D eigenvalue weighted by Crippen LogP contribution is 2.25. The third-order valence-corrected chi connectivity index (χ3v) is 7.95. The summed E-state index contributed by atoms with van der Waals surface area (Å²) < 4.78 is 26.5. The first-order chi connectivity index (χ1) is 16.9. The van der Waals surface area contributed by atoms with Crippen LogP contribution in [0, 0.1) is 20.8 Å². The molecule has 2 rings (SSSR count). The molecule has 198 valence electrons. The highest BCUT2D eigenvalue weighted by molar-refractivity contribution is 7.92. The second-order valence-electron chi connectivity index (χ2n) is 9.60. The van der Waals surface area contributed by atoms with Crippen LogP contribution < -0.4 is 9.62 Å². The van der Waals surface area contributed by atoms with E-state index in [0.717, 1.165) is 28.7 Å². The Morgan fingerprint density at radius 2 is 1.61 bits per heavy atom.